The van der Waals surface area contributed by atoms with E-state index >= 15 is 0 Å². The first-order valence-corrected chi connectivity index (χ1v) is 8.37. The molecule has 24 heavy (non-hydrogen) atoms. The molecule has 0 amide bonds. The number of aliphatic imine (C=N–C) groups is 1. The van der Waals surface area contributed by atoms with Crippen LogP contribution in [0, 0.1) is 0 Å². The van der Waals surface area contributed by atoms with Crippen molar-refractivity contribution in [2.45, 2.75) is 45.0 Å². The molecule has 2 saturated heterocycles. The van der Waals surface area contributed by atoms with Gasteiger partial charge in [-0.1, -0.05) is 0 Å². The van der Waals surface area contributed by atoms with E-state index in [9.17, 15) is 13.2 Å². The molecular formula is C15H28F3IN4O. The van der Waals surface area contributed by atoms with E-state index in [2.05, 4.69) is 10.3 Å². The summed E-state index contributed by atoms with van der Waals surface area (Å²) < 4.78 is 44.0. The molecule has 0 bridgehead atoms. The second kappa shape index (κ2) is 10.0. The van der Waals surface area contributed by atoms with Gasteiger partial charge in [0.2, 0.25) is 0 Å². The van der Waals surface area contributed by atoms with Crippen molar-refractivity contribution in [3.63, 3.8) is 0 Å². The molecule has 0 aliphatic carbocycles. The van der Waals surface area contributed by atoms with E-state index < -0.39 is 12.2 Å². The minimum Gasteiger partial charge on any atom is -0.376 e. The highest BCUT2D eigenvalue weighted by molar-refractivity contribution is 14.0. The van der Waals surface area contributed by atoms with E-state index in [4.69, 9.17) is 4.74 Å². The van der Waals surface area contributed by atoms with Crippen molar-refractivity contribution in [2.75, 3.05) is 45.9 Å². The Morgan fingerprint density at radius 1 is 1.29 bits per heavy atom. The predicted octanol–water partition coefficient (Wildman–Crippen LogP) is 2.32. The smallest absolute Gasteiger partial charge is 0.376 e. The zero-order chi connectivity index (χ0) is 16.9. The summed E-state index contributed by atoms with van der Waals surface area (Å²) in [5.41, 5.74) is 0. The summed E-state index contributed by atoms with van der Waals surface area (Å²) in [5.74, 6) is 0.780. The number of guanidine groups is 1. The van der Waals surface area contributed by atoms with Crippen LogP contribution in [0.25, 0.3) is 0 Å². The normalized spacial score (nSPS) is 24.6. The highest BCUT2D eigenvalue weighted by atomic mass is 127. The van der Waals surface area contributed by atoms with E-state index in [-0.39, 0.29) is 30.1 Å². The molecule has 2 atom stereocenters. The molecule has 0 saturated carbocycles. The standard InChI is InChI=1S/C15H27F3N4O.HI/c1-3-19-14(20-11-13-5-4-10-23-13)22-8-6-21(7-9-22)12(2)15(16,17)18;/h12-13H,3-11H2,1-2H3,(H,19,20);1H. The second-order valence-corrected chi connectivity index (χ2v) is 6.07. The van der Waals surface area contributed by atoms with Crippen LogP contribution in [-0.2, 0) is 4.74 Å². The van der Waals surface area contributed by atoms with E-state index in [1.807, 2.05) is 11.8 Å². The molecule has 0 aromatic rings. The van der Waals surface area contributed by atoms with Gasteiger partial charge in [0.05, 0.1) is 12.6 Å². The Balaban J connectivity index is 0.00000288. The lowest BCUT2D eigenvalue weighted by Crippen LogP contribution is -2.56. The van der Waals surface area contributed by atoms with E-state index in [1.54, 1.807) is 0 Å². The van der Waals surface area contributed by atoms with Crippen LogP contribution in [0.2, 0.25) is 0 Å². The molecule has 9 heteroatoms. The Morgan fingerprint density at radius 2 is 1.96 bits per heavy atom. The third-order valence-corrected chi connectivity index (χ3v) is 4.44. The summed E-state index contributed by atoms with van der Waals surface area (Å²) in [6.45, 7) is 7.26. The van der Waals surface area contributed by atoms with Gasteiger partial charge in [-0.2, -0.15) is 13.2 Å². The van der Waals surface area contributed by atoms with Crippen LogP contribution >= 0.6 is 24.0 Å². The summed E-state index contributed by atoms with van der Waals surface area (Å²) in [4.78, 5) is 8.13. The molecule has 2 heterocycles. The molecule has 0 aromatic carbocycles. The molecule has 2 aliphatic rings. The first-order chi connectivity index (χ1) is 10.9. The van der Waals surface area contributed by atoms with Crippen LogP contribution in [0.15, 0.2) is 4.99 Å². The fourth-order valence-electron chi connectivity index (χ4n) is 2.93. The number of rotatable bonds is 4. The quantitative estimate of drug-likeness (QED) is 0.394. The topological polar surface area (TPSA) is 40.1 Å². The Hall–Kier alpha value is -0.290. The van der Waals surface area contributed by atoms with Gasteiger partial charge in [-0.05, 0) is 26.7 Å². The largest absolute Gasteiger partial charge is 0.403 e. The number of nitrogens with zero attached hydrogens (tertiary/aromatic N) is 3. The molecule has 0 aromatic heterocycles. The summed E-state index contributed by atoms with van der Waals surface area (Å²) in [6.07, 6.45) is -1.89. The molecule has 1 N–H and O–H groups in total. The van der Waals surface area contributed by atoms with Crippen LogP contribution in [0.5, 0.6) is 0 Å². The lowest BCUT2D eigenvalue weighted by molar-refractivity contribution is -0.181. The fraction of sp³-hybridized carbons (Fsp3) is 0.933. The lowest BCUT2D eigenvalue weighted by atomic mass is 10.2. The van der Waals surface area contributed by atoms with Crippen LogP contribution in [0.1, 0.15) is 26.7 Å². The van der Waals surface area contributed by atoms with Gasteiger partial charge in [0, 0.05) is 39.3 Å². The van der Waals surface area contributed by atoms with Crippen molar-refractivity contribution >= 4 is 29.9 Å². The van der Waals surface area contributed by atoms with Gasteiger partial charge in [0.1, 0.15) is 6.04 Å². The van der Waals surface area contributed by atoms with Crippen molar-refractivity contribution in [3.8, 4) is 0 Å². The second-order valence-electron chi connectivity index (χ2n) is 6.07. The summed E-state index contributed by atoms with van der Waals surface area (Å²) >= 11 is 0. The molecule has 5 nitrogen and oxygen atoms in total. The fourth-order valence-corrected chi connectivity index (χ4v) is 2.93. The number of hydrogen-bond donors (Lipinski definition) is 1. The van der Waals surface area contributed by atoms with Crippen molar-refractivity contribution in [2.24, 2.45) is 4.99 Å². The maximum Gasteiger partial charge on any atom is 0.403 e. The van der Waals surface area contributed by atoms with Gasteiger partial charge in [0.15, 0.2) is 5.96 Å². The van der Waals surface area contributed by atoms with Gasteiger partial charge in [-0.3, -0.25) is 9.89 Å². The van der Waals surface area contributed by atoms with Gasteiger partial charge >= 0.3 is 6.18 Å². The molecule has 2 unspecified atom stereocenters. The first-order valence-electron chi connectivity index (χ1n) is 8.37. The zero-order valence-electron chi connectivity index (χ0n) is 14.3. The summed E-state index contributed by atoms with van der Waals surface area (Å²) in [5, 5.41) is 3.23. The number of ether oxygens (including phenoxy) is 1. The van der Waals surface area contributed by atoms with E-state index in [0.717, 1.165) is 32.0 Å². The Bertz CT molecular complexity index is 395. The Labute approximate surface area is 159 Å². The van der Waals surface area contributed by atoms with Crippen molar-refractivity contribution in [1.82, 2.24) is 15.1 Å². The number of piperazine rings is 1. The molecule has 2 fully saturated rings. The highest BCUT2D eigenvalue weighted by Gasteiger charge is 2.41. The molecule has 2 rings (SSSR count). The van der Waals surface area contributed by atoms with Gasteiger partial charge in [-0.25, -0.2) is 0 Å². The highest BCUT2D eigenvalue weighted by Crippen LogP contribution is 2.25. The predicted molar refractivity (Wildman–Crippen MR) is 99.0 cm³/mol. The number of hydrogen-bond acceptors (Lipinski definition) is 3. The number of alkyl halides is 3. The van der Waals surface area contributed by atoms with Crippen LogP contribution in [0.4, 0.5) is 13.2 Å². The summed E-state index contributed by atoms with van der Waals surface area (Å²) in [7, 11) is 0. The van der Waals surface area contributed by atoms with E-state index in [1.165, 1.54) is 11.8 Å². The molecular weight excluding hydrogens is 436 g/mol. The summed E-state index contributed by atoms with van der Waals surface area (Å²) in [6, 6.07) is -1.39. The maximum atomic E-state index is 12.8. The third kappa shape index (κ3) is 6.21. The van der Waals surface area contributed by atoms with Gasteiger partial charge in [0.25, 0.3) is 0 Å². The van der Waals surface area contributed by atoms with Crippen molar-refractivity contribution < 1.29 is 17.9 Å². The first kappa shape index (κ1) is 21.8. The molecule has 0 spiro atoms. The van der Waals surface area contributed by atoms with Gasteiger partial charge in [-0.15, -0.1) is 24.0 Å². The van der Waals surface area contributed by atoms with Crippen LogP contribution in [0.3, 0.4) is 0 Å². The Kier molecular flexibility index (Phi) is 9.07. The maximum absolute atomic E-state index is 12.8. The van der Waals surface area contributed by atoms with Crippen molar-refractivity contribution in [3.05, 3.63) is 0 Å². The average Bonchev–Trinajstić information content (AvgIpc) is 3.03. The number of halogens is 4. The van der Waals surface area contributed by atoms with Crippen LogP contribution < -0.4 is 5.32 Å². The van der Waals surface area contributed by atoms with Gasteiger partial charge < -0.3 is 15.0 Å². The average molecular weight is 464 g/mol. The minimum absolute atomic E-state index is 0. The zero-order valence-corrected chi connectivity index (χ0v) is 16.6. The monoisotopic (exact) mass is 464 g/mol. The molecule has 2 aliphatic heterocycles. The SMILES string of the molecule is CCNC(=NCC1CCCO1)N1CCN(C(C)C(F)(F)F)CC1.I. The van der Waals surface area contributed by atoms with Crippen molar-refractivity contribution in [1.29, 1.82) is 0 Å². The number of nitrogens with one attached hydrogen (secondary N) is 1. The van der Waals surface area contributed by atoms with Crippen LogP contribution in [-0.4, -0.2) is 80.0 Å². The minimum atomic E-state index is -4.17. The molecule has 142 valence electrons. The third-order valence-electron chi connectivity index (χ3n) is 4.44. The van der Waals surface area contributed by atoms with E-state index in [0.29, 0.717) is 32.7 Å². The lowest BCUT2D eigenvalue weighted by Gasteiger charge is -2.39. The molecule has 0 radical (unpaired) electrons. The Morgan fingerprint density at radius 3 is 2.46 bits per heavy atom.